The van der Waals surface area contributed by atoms with Crippen molar-refractivity contribution in [3.05, 3.63) is 33.9 Å². The second-order valence-corrected chi connectivity index (χ2v) is 7.74. The Morgan fingerprint density at radius 3 is 2.54 bits per heavy atom. The summed E-state index contributed by atoms with van der Waals surface area (Å²) in [5.41, 5.74) is 6.75. The van der Waals surface area contributed by atoms with E-state index >= 15 is 0 Å². The number of aryl methyl sites for hydroxylation is 1. The van der Waals surface area contributed by atoms with Crippen molar-refractivity contribution >= 4 is 35.2 Å². The van der Waals surface area contributed by atoms with E-state index in [9.17, 15) is 4.79 Å². The summed E-state index contributed by atoms with van der Waals surface area (Å²) in [6.45, 7) is 5.02. The maximum atomic E-state index is 11.1. The van der Waals surface area contributed by atoms with Crippen LogP contribution in [0.4, 0.5) is 10.7 Å². The van der Waals surface area contributed by atoms with Gasteiger partial charge in [-0.3, -0.25) is 0 Å². The summed E-state index contributed by atoms with van der Waals surface area (Å²) in [4.78, 5) is 22.4. The number of piperidine rings is 1. The molecule has 150 valence electrons. The molecule has 1 aromatic heterocycles. The third-order valence-corrected chi connectivity index (χ3v) is 5.73. The van der Waals surface area contributed by atoms with E-state index in [0.717, 1.165) is 11.3 Å². The summed E-state index contributed by atoms with van der Waals surface area (Å²) >= 11 is 12.5. The number of nitrogens with zero attached hydrogens (tertiary/aromatic N) is 3. The lowest BCUT2D eigenvalue weighted by Gasteiger charge is -2.38. The Balaban J connectivity index is 1.91. The summed E-state index contributed by atoms with van der Waals surface area (Å²) in [7, 11) is 1.56. The lowest BCUT2D eigenvalue weighted by atomic mass is 9.93. The number of ether oxygens (including phenoxy) is 2. The minimum Gasteiger partial charge on any atom is -0.480 e. The van der Waals surface area contributed by atoms with Crippen LogP contribution >= 0.6 is 23.2 Å². The normalized spacial score (nSPS) is 16.0. The minimum absolute atomic E-state index is 0.424. The second-order valence-electron chi connectivity index (χ2n) is 6.95. The van der Waals surface area contributed by atoms with E-state index in [1.807, 2.05) is 30.9 Å². The molecule has 1 aliphatic heterocycles. The van der Waals surface area contributed by atoms with Gasteiger partial charge in [0.05, 0.1) is 28.4 Å². The van der Waals surface area contributed by atoms with Crippen LogP contribution in [-0.2, 0) is 4.74 Å². The molecule has 0 unspecified atom stereocenters. The van der Waals surface area contributed by atoms with Gasteiger partial charge in [-0.05, 0) is 19.9 Å². The molecule has 3 rings (SSSR count). The minimum atomic E-state index is -0.757. The summed E-state index contributed by atoms with van der Waals surface area (Å²) < 4.78 is 10.8. The highest BCUT2D eigenvalue weighted by Gasteiger charge is 2.34. The van der Waals surface area contributed by atoms with Gasteiger partial charge in [0, 0.05) is 31.5 Å². The molecule has 0 radical (unpaired) electrons. The lowest BCUT2D eigenvalue weighted by molar-refractivity contribution is 0.0125. The monoisotopic (exact) mass is 424 g/mol. The fourth-order valence-electron chi connectivity index (χ4n) is 3.35. The summed E-state index contributed by atoms with van der Waals surface area (Å²) in [6.07, 6.45) is 0.498. The van der Waals surface area contributed by atoms with Gasteiger partial charge in [-0.1, -0.05) is 35.3 Å². The summed E-state index contributed by atoms with van der Waals surface area (Å²) in [5.74, 6) is 0.978. The topological polar surface area (TPSA) is 90.6 Å². The number of nitrogens with two attached hydrogens (primary N) is 1. The summed E-state index contributed by atoms with van der Waals surface area (Å²) in [6, 6.07) is 5.40. The van der Waals surface area contributed by atoms with Crippen LogP contribution in [0.2, 0.25) is 10.0 Å². The number of aromatic nitrogens is 2. The predicted octanol–water partition coefficient (Wildman–Crippen LogP) is 4.22. The zero-order valence-electron chi connectivity index (χ0n) is 16.0. The molecule has 0 aliphatic carbocycles. The van der Waals surface area contributed by atoms with Gasteiger partial charge in [-0.2, -0.15) is 4.98 Å². The molecular formula is C19H22Cl2N4O3. The van der Waals surface area contributed by atoms with Crippen molar-refractivity contribution in [3.8, 4) is 17.0 Å². The highest BCUT2D eigenvalue weighted by atomic mass is 35.5. The predicted molar refractivity (Wildman–Crippen MR) is 109 cm³/mol. The van der Waals surface area contributed by atoms with Crippen LogP contribution in [0.15, 0.2) is 18.2 Å². The van der Waals surface area contributed by atoms with E-state index in [2.05, 4.69) is 9.97 Å². The van der Waals surface area contributed by atoms with Crippen molar-refractivity contribution in [2.75, 3.05) is 25.1 Å². The van der Waals surface area contributed by atoms with E-state index < -0.39 is 11.7 Å². The summed E-state index contributed by atoms with van der Waals surface area (Å²) in [5, 5.41) is 0.883. The van der Waals surface area contributed by atoms with Gasteiger partial charge in [0.15, 0.2) is 0 Å². The van der Waals surface area contributed by atoms with Crippen LogP contribution in [-0.4, -0.2) is 41.9 Å². The highest BCUT2D eigenvalue weighted by Crippen LogP contribution is 2.40. The van der Waals surface area contributed by atoms with Crippen LogP contribution in [0.25, 0.3) is 11.1 Å². The molecule has 28 heavy (non-hydrogen) atoms. The van der Waals surface area contributed by atoms with Crippen LogP contribution in [0.5, 0.6) is 5.88 Å². The van der Waals surface area contributed by atoms with E-state index in [0.29, 0.717) is 53.4 Å². The van der Waals surface area contributed by atoms with Gasteiger partial charge in [0.1, 0.15) is 5.60 Å². The Labute approximate surface area is 173 Å². The molecule has 1 fully saturated rings. The molecule has 1 aliphatic rings. The molecule has 2 heterocycles. The Kier molecular flexibility index (Phi) is 5.86. The molecule has 1 aromatic carbocycles. The van der Waals surface area contributed by atoms with E-state index in [1.165, 1.54) is 0 Å². The first-order valence-corrected chi connectivity index (χ1v) is 9.60. The Hall–Kier alpha value is -2.25. The Bertz CT molecular complexity index is 899. The molecule has 0 atom stereocenters. The number of carbonyl (C=O) groups excluding carboxylic acids is 1. The van der Waals surface area contributed by atoms with Crippen molar-refractivity contribution in [2.45, 2.75) is 32.3 Å². The van der Waals surface area contributed by atoms with Gasteiger partial charge in [-0.25, -0.2) is 9.78 Å². The third kappa shape index (κ3) is 4.10. The first-order valence-electron chi connectivity index (χ1n) is 8.84. The number of hydrogen-bond acceptors (Lipinski definition) is 6. The van der Waals surface area contributed by atoms with Crippen molar-refractivity contribution in [3.63, 3.8) is 0 Å². The maximum Gasteiger partial charge on any atom is 0.405 e. The van der Waals surface area contributed by atoms with Crippen molar-refractivity contribution in [1.82, 2.24) is 9.97 Å². The van der Waals surface area contributed by atoms with Crippen molar-refractivity contribution < 1.29 is 14.3 Å². The molecule has 9 heteroatoms. The van der Waals surface area contributed by atoms with Gasteiger partial charge in [-0.15, -0.1) is 0 Å². The molecule has 2 aromatic rings. The van der Waals surface area contributed by atoms with Gasteiger partial charge in [0.2, 0.25) is 11.8 Å². The smallest absolute Gasteiger partial charge is 0.405 e. The number of carbonyl (C=O) groups is 1. The van der Waals surface area contributed by atoms with Gasteiger partial charge < -0.3 is 20.1 Å². The zero-order valence-corrected chi connectivity index (χ0v) is 17.5. The number of amides is 1. The highest BCUT2D eigenvalue weighted by molar-refractivity contribution is 6.43. The Morgan fingerprint density at radius 2 is 1.93 bits per heavy atom. The average molecular weight is 425 g/mol. The number of methoxy groups -OCH3 is 1. The quantitative estimate of drug-likeness (QED) is 0.789. The van der Waals surface area contributed by atoms with E-state index in [4.69, 9.17) is 38.4 Å². The van der Waals surface area contributed by atoms with Crippen LogP contribution in [0, 0.1) is 6.92 Å². The zero-order chi connectivity index (χ0) is 20.5. The number of benzene rings is 1. The SMILES string of the molecule is COc1nc(N2CCC(C)(OC(N)=O)CC2)nc(C)c1-c1cccc(Cl)c1Cl. The number of halogens is 2. The first kappa shape index (κ1) is 20.5. The lowest BCUT2D eigenvalue weighted by Crippen LogP contribution is -2.46. The molecule has 1 amide bonds. The van der Waals surface area contributed by atoms with E-state index in [-0.39, 0.29) is 0 Å². The third-order valence-electron chi connectivity index (χ3n) is 4.91. The number of anilines is 1. The van der Waals surface area contributed by atoms with Crippen LogP contribution < -0.4 is 15.4 Å². The standard InChI is InChI=1S/C19H22Cl2N4O3/c1-11-14(12-5-4-6-13(20)15(12)21)16(27-3)24-18(23-11)25-9-7-19(2,8-10-25)28-17(22)26/h4-6H,7-10H2,1-3H3,(H2,22,26). The largest absolute Gasteiger partial charge is 0.480 e. The Morgan fingerprint density at radius 1 is 1.25 bits per heavy atom. The van der Waals surface area contributed by atoms with Crippen LogP contribution in [0.3, 0.4) is 0 Å². The maximum absolute atomic E-state index is 11.1. The molecule has 1 saturated heterocycles. The van der Waals surface area contributed by atoms with Crippen molar-refractivity contribution in [2.24, 2.45) is 5.73 Å². The fraction of sp³-hybridized carbons (Fsp3) is 0.421. The number of rotatable bonds is 4. The van der Waals surface area contributed by atoms with Crippen molar-refractivity contribution in [1.29, 1.82) is 0 Å². The fourth-order valence-corrected chi connectivity index (χ4v) is 3.75. The molecule has 2 N–H and O–H groups in total. The number of primary amides is 1. The first-order chi connectivity index (χ1) is 13.2. The molecule has 7 nitrogen and oxygen atoms in total. The molecule has 0 spiro atoms. The van der Waals surface area contributed by atoms with Gasteiger partial charge in [0.25, 0.3) is 0 Å². The second kappa shape index (κ2) is 8.01. The van der Waals surface area contributed by atoms with Gasteiger partial charge >= 0.3 is 6.09 Å². The molecule has 0 saturated carbocycles. The number of hydrogen-bond donors (Lipinski definition) is 1. The molecule has 0 bridgehead atoms. The molecular weight excluding hydrogens is 403 g/mol. The van der Waals surface area contributed by atoms with Crippen LogP contribution in [0.1, 0.15) is 25.5 Å². The van der Waals surface area contributed by atoms with E-state index in [1.54, 1.807) is 13.2 Å². The average Bonchev–Trinajstić information content (AvgIpc) is 2.63.